The summed E-state index contributed by atoms with van der Waals surface area (Å²) in [7, 11) is 3.96. The predicted octanol–water partition coefficient (Wildman–Crippen LogP) is 2.75. The number of ether oxygens (including phenoxy) is 1. The molecule has 0 aliphatic carbocycles. The first-order valence-electron chi connectivity index (χ1n) is 6.61. The number of anilines is 1. The van der Waals surface area contributed by atoms with E-state index in [1.54, 1.807) is 25.1 Å². The van der Waals surface area contributed by atoms with Gasteiger partial charge in [-0.15, -0.1) is 0 Å². The SMILES string of the molecule is CCOc1cccc(NCC(C)(C)N(C)C)c1[N+](=O)[O-]. The summed E-state index contributed by atoms with van der Waals surface area (Å²) in [6.45, 7) is 6.93. The zero-order valence-corrected chi connectivity index (χ0v) is 12.8. The van der Waals surface area contributed by atoms with Gasteiger partial charge in [0.2, 0.25) is 0 Å². The number of para-hydroxylation sites is 1. The molecule has 0 amide bonds. The minimum Gasteiger partial charge on any atom is -0.487 e. The van der Waals surface area contributed by atoms with Crippen molar-refractivity contribution in [3.05, 3.63) is 28.3 Å². The van der Waals surface area contributed by atoms with Gasteiger partial charge in [0, 0.05) is 12.1 Å². The van der Waals surface area contributed by atoms with E-state index < -0.39 is 4.92 Å². The summed E-state index contributed by atoms with van der Waals surface area (Å²) in [4.78, 5) is 12.9. The first-order chi connectivity index (χ1) is 9.29. The van der Waals surface area contributed by atoms with Gasteiger partial charge in [-0.25, -0.2) is 0 Å². The summed E-state index contributed by atoms with van der Waals surface area (Å²) in [5, 5.41) is 14.4. The second kappa shape index (κ2) is 6.56. The van der Waals surface area contributed by atoms with Gasteiger partial charge in [0.25, 0.3) is 0 Å². The fourth-order valence-corrected chi connectivity index (χ4v) is 1.59. The van der Waals surface area contributed by atoms with Gasteiger partial charge in [-0.05, 0) is 47.0 Å². The molecule has 0 bridgehead atoms. The van der Waals surface area contributed by atoms with E-state index in [0.717, 1.165) is 0 Å². The van der Waals surface area contributed by atoms with E-state index >= 15 is 0 Å². The lowest BCUT2D eigenvalue weighted by Gasteiger charge is -2.33. The van der Waals surface area contributed by atoms with Crippen molar-refractivity contribution in [3.8, 4) is 5.75 Å². The van der Waals surface area contributed by atoms with Gasteiger partial charge in [0.1, 0.15) is 5.69 Å². The van der Waals surface area contributed by atoms with Crippen LogP contribution in [0.4, 0.5) is 11.4 Å². The molecular weight excluding hydrogens is 258 g/mol. The Bertz CT molecular complexity index is 473. The third kappa shape index (κ3) is 3.84. The highest BCUT2D eigenvalue weighted by atomic mass is 16.6. The lowest BCUT2D eigenvalue weighted by atomic mass is 10.0. The average molecular weight is 281 g/mol. The molecule has 1 rings (SSSR count). The third-order valence-corrected chi connectivity index (χ3v) is 3.40. The maximum absolute atomic E-state index is 11.3. The Morgan fingerprint density at radius 3 is 2.55 bits per heavy atom. The number of nitro benzene ring substituents is 1. The summed E-state index contributed by atoms with van der Waals surface area (Å²) < 4.78 is 5.33. The highest BCUT2D eigenvalue weighted by molar-refractivity contribution is 5.68. The summed E-state index contributed by atoms with van der Waals surface area (Å²) in [5.74, 6) is 0.296. The van der Waals surface area contributed by atoms with Crippen LogP contribution >= 0.6 is 0 Å². The lowest BCUT2D eigenvalue weighted by Crippen LogP contribution is -2.44. The van der Waals surface area contributed by atoms with Crippen LogP contribution in [0.2, 0.25) is 0 Å². The summed E-state index contributed by atoms with van der Waals surface area (Å²) in [5.41, 5.74) is 0.356. The minimum atomic E-state index is -0.407. The molecule has 1 aromatic carbocycles. The van der Waals surface area contributed by atoms with Crippen LogP contribution in [0.5, 0.6) is 5.75 Å². The van der Waals surface area contributed by atoms with E-state index in [9.17, 15) is 10.1 Å². The van der Waals surface area contributed by atoms with E-state index in [0.29, 0.717) is 24.6 Å². The molecule has 0 saturated carbocycles. The van der Waals surface area contributed by atoms with Crippen molar-refractivity contribution in [2.24, 2.45) is 0 Å². The molecule has 0 heterocycles. The molecule has 0 aliphatic heterocycles. The molecule has 0 saturated heterocycles. The molecule has 0 fully saturated rings. The van der Waals surface area contributed by atoms with E-state index in [-0.39, 0.29) is 11.2 Å². The van der Waals surface area contributed by atoms with Crippen LogP contribution in [0, 0.1) is 10.1 Å². The topological polar surface area (TPSA) is 67.6 Å². The smallest absolute Gasteiger partial charge is 0.333 e. The molecule has 6 heteroatoms. The molecule has 0 radical (unpaired) electrons. The second-order valence-corrected chi connectivity index (χ2v) is 5.40. The Kier molecular flexibility index (Phi) is 5.33. The standard InChI is InChI=1S/C14H23N3O3/c1-6-20-12-9-7-8-11(13(12)17(18)19)15-10-14(2,3)16(4)5/h7-9,15H,6,10H2,1-5H3. The predicted molar refractivity (Wildman–Crippen MR) is 80.5 cm³/mol. The molecular formula is C14H23N3O3. The van der Waals surface area contributed by atoms with Crippen LogP contribution in [0.1, 0.15) is 20.8 Å². The van der Waals surface area contributed by atoms with Crippen molar-refractivity contribution in [1.82, 2.24) is 4.90 Å². The van der Waals surface area contributed by atoms with Crippen molar-refractivity contribution < 1.29 is 9.66 Å². The molecule has 0 aliphatic rings. The Hall–Kier alpha value is -1.82. The molecule has 1 aromatic rings. The van der Waals surface area contributed by atoms with Gasteiger partial charge < -0.3 is 15.0 Å². The molecule has 0 spiro atoms. The normalized spacial score (nSPS) is 11.5. The quantitative estimate of drug-likeness (QED) is 0.615. The number of rotatable bonds is 7. The van der Waals surface area contributed by atoms with Crippen molar-refractivity contribution >= 4 is 11.4 Å². The fraction of sp³-hybridized carbons (Fsp3) is 0.571. The number of nitrogens with one attached hydrogen (secondary N) is 1. The van der Waals surface area contributed by atoms with Crippen LogP contribution in [0.3, 0.4) is 0 Å². The van der Waals surface area contributed by atoms with Crippen LogP contribution in [0.25, 0.3) is 0 Å². The van der Waals surface area contributed by atoms with Gasteiger partial charge in [-0.3, -0.25) is 10.1 Å². The van der Waals surface area contributed by atoms with Gasteiger partial charge in [-0.1, -0.05) is 6.07 Å². The highest BCUT2D eigenvalue weighted by Gasteiger charge is 2.24. The Labute approximate surface area is 119 Å². The Morgan fingerprint density at radius 1 is 1.40 bits per heavy atom. The summed E-state index contributed by atoms with van der Waals surface area (Å²) >= 11 is 0. The van der Waals surface area contributed by atoms with Gasteiger partial charge in [-0.2, -0.15) is 0 Å². The van der Waals surface area contributed by atoms with Gasteiger partial charge in [0.15, 0.2) is 5.75 Å². The number of nitro groups is 1. The zero-order chi connectivity index (χ0) is 15.3. The van der Waals surface area contributed by atoms with Crippen molar-refractivity contribution in [3.63, 3.8) is 0 Å². The fourth-order valence-electron chi connectivity index (χ4n) is 1.59. The van der Waals surface area contributed by atoms with Gasteiger partial charge >= 0.3 is 5.69 Å². The Morgan fingerprint density at radius 2 is 2.05 bits per heavy atom. The highest BCUT2D eigenvalue weighted by Crippen LogP contribution is 2.35. The first kappa shape index (κ1) is 16.2. The monoisotopic (exact) mass is 281 g/mol. The van der Waals surface area contributed by atoms with E-state index in [2.05, 4.69) is 24.1 Å². The molecule has 112 valence electrons. The third-order valence-electron chi connectivity index (χ3n) is 3.40. The van der Waals surface area contributed by atoms with E-state index in [1.807, 2.05) is 14.1 Å². The number of hydrogen-bond donors (Lipinski definition) is 1. The minimum absolute atomic E-state index is 0.0103. The maximum atomic E-state index is 11.3. The molecule has 1 N–H and O–H groups in total. The van der Waals surface area contributed by atoms with Crippen LogP contribution < -0.4 is 10.1 Å². The summed E-state index contributed by atoms with van der Waals surface area (Å²) in [6, 6.07) is 5.07. The van der Waals surface area contributed by atoms with Crippen LogP contribution in [0.15, 0.2) is 18.2 Å². The molecule has 20 heavy (non-hydrogen) atoms. The molecule has 0 aromatic heterocycles. The van der Waals surface area contributed by atoms with E-state index in [1.165, 1.54) is 0 Å². The van der Waals surface area contributed by atoms with Crippen molar-refractivity contribution in [1.29, 1.82) is 0 Å². The molecule has 0 atom stereocenters. The maximum Gasteiger partial charge on any atom is 0.333 e. The van der Waals surface area contributed by atoms with Crippen molar-refractivity contribution in [2.45, 2.75) is 26.3 Å². The molecule has 0 unspecified atom stereocenters. The lowest BCUT2D eigenvalue weighted by molar-refractivity contribution is -0.384. The van der Waals surface area contributed by atoms with Crippen LogP contribution in [-0.2, 0) is 0 Å². The van der Waals surface area contributed by atoms with E-state index in [4.69, 9.17) is 4.74 Å². The van der Waals surface area contributed by atoms with Gasteiger partial charge in [0.05, 0.1) is 11.5 Å². The van der Waals surface area contributed by atoms with Crippen LogP contribution in [-0.4, -0.2) is 42.6 Å². The van der Waals surface area contributed by atoms with Crippen molar-refractivity contribution in [2.75, 3.05) is 32.6 Å². The largest absolute Gasteiger partial charge is 0.487 e. The average Bonchev–Trinajstić information content (AvgIpc) is 2.36. The zero-order valence-electron chi connectivity index (χ0n) is 12.8. The first-order valence-corrected chi connectivity index (χ1v) is 6.61. The second-order valence-electron chi connectivity index (χ2n) is 5.40. The number of hydrogen-bond acceptors (Lipinski definition) is 5. The number of nitrogens with zero attached hydrogens (tertiary/aromatic N) is 2. The molecule has 6 nitrogen and oxygen atoms in total. The number of benzene rings is 1. The summed E-state index contributed by atoms with van der Waals surface area (Å²) in [6.07, 6.45) is 0. The number of likely N-dealkylation sites (N-methyl/N-ethyl adjacent to an activating group) is 1. The Balaban J connectivity index is 3.00.